The summed E-state index contributed by atoms with van der Waals surface area (Å²) in [4.78, 5) is 11.0. The molecule has 4 atom stereocenters. The molecule has 0 saturated carbocycles. The van der Waals surface area contributed by atoms with Gasteiger partial charge in [0.15, 0.2) is 22.5 Å². The fourth-order valence-corrected chi connectivity index (χ4v) is 2.93. The third-order valence-corrected chi connectivity index (χ3v) is 3.94. The number of imidazole rings is 1. The summed E-state index contributed by atoms with van der Waals surface area (Å²) in [5, 5.41) is 19.6. The highest BCUT2D eigenvalue weighted by molar-refractivity contribution is 7.71. The molecule has 3 rings (SSSR count). The van der Waals surface area contributed by atoms with E-state index in [9.17, 15) is 10.2 Å². The van der Waals surface area contributed by atoms with E-state index in [2.05, 4.69) is 15.0 Å². The Bertz CT molecular complexity index is 732. The maximum Gasteiger partial charge on any atom is 0.181 e. The Morgan fingerprint density at radius 1 is 1.55 bits per heavy atom. The van der Waals surface area contributed by atoms with Crippen LogP contribution in [0.1, 0.15) is 13.2 Å². The third-order valence-electron chi connectivity index (χ3n) is 3.64. The maximum absolute atomic E-state index is 10.2. The van der Waals surface area contributed by atoms with Gasteiger partial charge in [-0.3, -0.25) is 4.57 Å². The van der Waals surface area contributed by atoms with E-state index in [1.165, 1.54) is 6.33 Å². The SMILES string of the molecule is CCO[C@@H]1[C@H](O)[C@@H](CO)O[C@H]1n1c(=S)[nH]c2c(N)ncnc21. The number of aromatic amines is 1. The van der Waals surface area contributed by atoms with Crippen LogP contribution in [0.25, 0.3) is 11.2 Å². The summed E-state index contributed by atoms with van der Waals surface area (Å²) in [6.45, 7) is 1.87. The normalized spacial score (nSPS) is 28.5. The standard InChI is InChI=1S/C12H17N5O4S/c1-2-20-8-7(19)5(3-18)21-11(8)17-10-6(16-12(17)22)9(13)14-4-15-10/h4-5,7-8,11,18-19H,2-3H2,1H3,(H,16,22)(H2,13,14,15)/t5-,7-,8-,11-/m1/s1. The summed E-state index contributed by atoms with van der Waals surface area (Å²) in [5.41, 5.74) is 6.76. The Hall–Kier alpha value is -1.59. The van der Waals surface area contributed by atoms with Gasteiger partial charge in [-0.05, 0) is 19.1 Å². The zero-order chi connectivity index (χ0) is 15.9. The number of anilines is 1. The summed E-state index contributed by atoms with van der Waals surface area (Å²) in [6.07, 6.45) is -1.80. The van der Waals surface area contributed by atoms with Crippen molar-refractivity contribution in [2.45, 2.75) is 31.5 Å². The van der Waals surface area contributed by atoms with Gasteiger partial charge >= 0.3 is 0 Å². The fraction of sp³-hybridized carbons (Fsp3) is 0.583. The van der Waals surface area contributed by atoms with Gasteiger partial charge < -0.3 is 30.4 Å². The van der Waals surface area contributed by atoms with Crippen LogP contribution in [0.2, 0.25) is 0 Å². The maximum atomic E-state index is 10.2. The van der Waals surface area contributed by atoms with Crippen LogP contribution >= 0.6 is 12.2 Å². The number of nitrogens with two attached hydrogens (primary N) is 1. The van der Waals surface area contributed by atoms with Crippen LogP contribution < -0.4 is 5.73 Å². The second-order valence-electron chi connectivity index (χ2n) is 4.92. The molecule has 3 heterocycles. The molecule has 5 N–H and O–H groups in total. The van der Waals surface area contributed by atoms with Gasteiger partial charge in [0.1, 0.15) is 30.2 Å². The number of nitrogen functional groups attached to an aromatic ring is 1. The molecule has 0 bridgehead atoms. The molecule has 1 fully saturated rings. The number of rotatable bonds is 4. The number of aliphatic hydroxyl groups excluding tert-OH is 2. The Labute approximate surface area is 130 Å². The van der Waals surface area contributed by atoms with Crippen molar-refractivity contribution in [1.82, 2.24) is 19.5 Å². The minimum absolute atomic E-state index is 0.264. The molecule has 1 aliphatic heterocycles. The van der Waals surface area contributed by atoms with E-state index in [-0.39, 0.29) is 12.4 Å². The molecule has 0 aliphatic carbocycles. The molecule has 0 spiro atoms. The van der Waals surface area contributed by atoms with Crippen LogP contribution in [0, 0.1) is 4.77 Å². The summed E-state index contributed by atoms with van der Waals surface area (Å²) >= 11 is 5.30. The molecule has 0 unspecified atom stereocenters. The van der Waals surface area contributed by atoms with Gasteiger partial charge in [0, 0.05) is 6.61 Å². The topological polar surface area (TPSA) is 131 Å². The summed E-state index contributed by atoms with van der Waals surface area (Å²) in [6, 6.07) is 0. The zero-order valence-electron chi connectivity index (χ0n) is 11.8. The quantitative estimate of drug-likeness (QED) is 0.564. The minimum Gasteiger partial charge on any atom is -0.394 e. The predicted octanol–water partition coefficient (Wildman–Crippen LogP) is -0.273. The summed E-state index contributed by atoms with van der Waals surface area (Å²) < 4.78 is 13.2. The van der Waals surface area contributed by atoms with E-state index in [4.69, 9.17) is 27.4 Å². The molecule has 1 saturated heterocycles. The Morgan fingerprint density at radius 3 is 3.00 bits per heavy atom. The number of aromatic nitrogens is 4. The van der Waals surface area contributed by atoms with Crippen molar-refractivity contribution in [2.24, 2.45) is 0 Å². The highest BCUT2D eigenvalue weighted by Gasteiger charge is 2.46. The number of H-pyrrole nitrogens is 1. The number of fused-ring (bicyclic) bond motifs is 1. The highest BCUT2D eigenvalue weighted by Crippen LogP contribution is 2.34. The molecule has 0 amide bonds. The summed E-state index contributed by atoms with van der Waals surface area (Å²) in [7, 11) is 0. The second-order valence-corrected chi connectivity index (χ2v) is 5.30. The molecule has 22 heavy (non-hydrogen) atoms. The van der Waals surface area contributed by atoms with Crippen LogP contribution in [0.15, 0.2) is 6.33 Å². The first-order valence-corrected chi connectivity index (χ1v) is 7.26. The number of hydrogen-bond donors (Lipinski definition) is 4. The first-order chi connectivity index (χ1) is 10.6. The van der Waals surface area contributed by atoms with Crippen molar-refractivity contribution < 1.29 is 19.7 Å². The van der Waals surface area contributed by atoms with E-state index < -0.39 is 24.5 Å². The smallest absolute Gasteiger partial charge is 0.181 e. The molecule has 0 aromatic carbocycles. The minimum atomic E-state index is -0.971. The van der Waals surface area contributed by atoms with Crippen LogP contribution in [-0.2, 0) is 9.47 Å². The largest absolute Gasteiger partial charge is 0.394 e. The lowest BCUT2D eigenvalue weighted by atomic mass is 10.1. The first-order valence-electron chi connectivity index (χ1n) is 6.85. The van der Waals surface area contributed by atoms with Crippen molar-refractivity contribution in [3.8, 4) is 0 Å². The van der Waals surface area contributed by atoms with E-state index in [0.717, 1.165) is 0 Å². The molecular weight excluding hydrogens is 310 g/mol. The highest BCUT2D eigenvalue weighted by atomic mass is 32.1. The molecule has 10 heteroatoms. The first kappa shape index (κ1) is 15.3. The number of ether oxygens (including phenoxy) is 2. The molecule has 9 nitrogen and oxygen atoms in total. The van der Waals surface area contributed by atoms with Crippen molar-refractivity contribution in [1.29, 1.82) is 0 Å². The average molecular weight is 327 g/mol. The molecular formula is C12H17N5O4S. The number of nitrogens with zero attached hydrogens (tertiary/aromatic N) is 3. The number of aliphatic hydroxyl groups is 2. The lowest BCUT2D eigenvalue weighted by Gasteiger charge is -2.21. The van der Waals surface area contributed by atoms with Gasteiger partial charge in [0.2, 0.25) is 0 Å². The third kappa shape index (κ3) is 2.29. The van der Waals surface area contributed by atoms with Gasteiger partial charge in [-0.1, -0.05) is 0 Å². The summed E-state index contributed by atoms with van der Waals surface area (Å²) in [5.74, 6) is 0.264. The van der Waals surface area contributed by atoms with E-state index >= 15 is 0 Å². The monoisotopic (exact) mass is 327 g/mol. The second kappa shape index (κ2) is 5.89. The van der Waals surface area contributed by atoms with Gasteiger partial charge in [0.25, 0.3) is 0 Å². The van der Waals surface area contributed by atoms with Crippen molar-refractivity contribution >= 4 is 29.2 Å². The van der Waals surface area contributed by atoms with E-state index in [1.54, 1.807) is 4.57 Å². The number of hydrogen-bond acceptors (Lipinski definition) is 8. The Balaban J connectivity index is 2.11. The van der Waals surface area contributed by atoms with Gasteiger partial charge in [-0.2, -0.15) is 0 Å². The van der Waals surface area contributed by atoms with E-state index in [1.807, 2.05) is 6.92 Å². The van der Waals surface area contributed by atoms with Gasteiger partial charge in [-0.25, -0.2) is 9.97 Å². The zero-order valence-corrected chi connectivity index (χ0v) is 12.7. The van der Waals surface area contributed by atoms with Crippen molar-refractivity contribution in [3.05, 3.63) is 11.1 Å². The average Bonchev–Trinajstić information content (AvgIpc) is 2.98. The molecule has 120 valence electrons. The van der Waals surface area contributed by atoms with Gasteiger partial charge in [-0.15, -0.1) is 0 Å². The van der Waals surface area contributed by atoms with Crippen LogP contribution in [0.3, 0.4) is 0 Å². The molecule has 0 radical (unpaired) electrons. The molecule has 2 aromatic rings. The van der Waals surface area contributed by atoms with Gasteiger partial charge in [0.05, 0.1) is 6.61 Å². The Kier molecular flexibility index (Phi) is 4.10. The van der Waals surface area contributed by atoms with Crippen molar-refractivity contribution in [2.75, 3.05) is 18.9 Å². The predicted molar refractivity (Wildman–Crippen MR) is 79.5 cm³/mol. The van der Waals surface area contributed by atoms with E-state index in [0.29, 0.717) is 22.5 Å². The molecule has 1 aliphatic rings. The lowest BCUT2D eigenvalue weighted by Crippen LogP contribution is -2.35. The van der Waals surface area contributed by atoms with Crippen molar-refractivity contribution in [3.63, 3.8) is 0 Å². The van der Waals surface area contributed by atoms with Crippen LogP contribution in [0.5, 0.6) is 0 Å². The van der Waals surface area contributed by atoms with Crippen LogP contribution in [0.4, 0.5) is 5.82 Å². The molecule has 2 aromatic heterocycles. The Morgan fingerprint density at radius 2 is 2.32 bits per heavy atom. The fourth-order valence-electron chi connectivity index (χ4n) is 2.64. The van der Waals surface area contributed by atoms with Crippen LogP contribution in [-0.4, -0.2) is 61.3 Å². The lowest BCUT2D eigenvalue weighted by molar-refractivity contribution is -0.0683. The number of nitrogens with one attached hydrogen (secondary N) is 1.